The van der Waals surface area contributed by atoms with Crippen molar-refractivity contribution in [1.82, 2.24) is 4.72 Å². The van der Waals surface area contributed by atoms with Gasteiger partial charge in [0.15, 0.2) is 0 Å². The first kappa shape index (κ1) is 12.4. The molecule has 0 radical (unpaired) electrons. The molecule has 1 aliphatic rings. The van der Waals surface area contributed by atoms with Gasteiger partial charge in [-0.1, -0.05) is 6.92 Å². The van der Waals surface area contributed by atoms with Crippen LogP contribution in [0.1, 0.15) is 30.9 Å². The first-order valence-corrected chi connectivity index (χ1v) is 7.44. The number of sulfonamides is 1. The van der Waals surface area contributed by atoms with Gasteiger partial charge in [0.2, 0.25) is 10.0 Å². The molecule has 0 spiro atoms. The van der Waals surface area contributed by atoms with Crippen LogP contribution in [-0.2, 0) is 22.9 Å². The van der Waals surface area contributed by atoms with Crippen molar-refractivity contribution in [3.63, 3.8) is 0 Å². The highest BCUT2D eigenvalue weighted by Crippen LogP contribution is 2.29. The summed E-state index contributed by atoms with van der Waals surface area (Å²) in [5, 5.41) is 0. The van der Waals surface area contributed by atoms with Crippen LogP contribution in [0.3, 0.4) is 0 Å². The molecule has 0 heterocycles. The van der Waals surface area contributed by atoms with Gasteiger partial charge in [0, 0.05) is 12.2 Å². The summed E-state index contributed by atoms with van der Waals surface area (Å²) in [7, 11) is -3.40. The summed E-state index contributed by atoms with van der Waals surface area (Å²) in [4.78, 5) is 0.289. The smallest absolute Gasteiger partial charge is 0.240 e. The highest BCUT2D eigenvalue weighted by molar-refractivity contribution is 7.89. The van der Waals surface area contributed by atoms with E-state index in [0.29, 0.717) is 12.2 Å². The number of nitrogens with one attached hydrogen (secondary N) is 1. The lowest BCUT2D eigenvalue weighted by molar-refractivity contribution is 0.583. The fourth-order valence-electron chi connectivity index (χ4n) is 2.30. The first-order chi connectivity index (χ1) is 8.04. The second-order valence-electron chi connectivity index (χ2n) is 4.36. The molecule has 0 amide bonds. The van der Waals surface area contributed by atoms with Gasteiger partial charge in [-0.3, -0.25) is 0 Å². The Kier molecular flexibility index (Phi) is 3.40. The van der Waals surface area contributed by atoms with Crippen LogP contribution >= 0.6 is 0 Å². The average Bonchev–Trinajstić information content (AvgIpc) is 2.29. The van der Waals surface area contributed by atoms with E-state index in [1.54, 1.807) is 19.1 Å². The highest BCUT2D eigenvalue weighted by Gasteiger charge is 2.19. The minimum atomic E-state index is -3.40. The second kappa shape index (κ2) is 4.66. The number of rotatable bonds is 3. The summed E-state index contributed by atoms with van der Waals surface area (Å²) in [6.07, 6.45) is 4.13. The molecule has 0 bridgehead atoms. The molecule has 5 heteroatoms. The topological polar surface area (TPSA) is 72.2 Å². The largest absolute Gasteiger partial charge is 0.398 e. The maximum absolute atomic E-state index is 11.9. The summed E-state index contributed by atoms with van der Waals surface area (Å²) >= 11 is 0. The molecule has 17 heavy (non-hydrogen) atoms. The van der Waals surface area contributed by atoms with Gasteiger partial charge in [0.05, 0.1) is 4.90 Å². The summed E-state index contributed by atoms with van der Waals surface area (Å²) in [5.41, 5.74) is 8.77. The molecule has 0 aromatic heterocycles. The molecule has 0 aliphatic heterocycles. The second-order valence-corrected chi connectivity index (χ2v) is 6.13. The van der Waals surface area contributed by atoms with E-state index in [-0.39, 0.29) is 4.90 Å². The van der Waals surface area contributed by atoms with E-state index in [1.807, 2.05) is 0 Å². The van der Waals surface area contributed by atoms with Crippen molar-refractivity contribution < 1.29 is 8.42 Å². The van der Waals surface area contributed by atoms with Crippen LogP contribution in [0.4, 0.5) is 5.69 Å². The van der Waals surface area contributed by atoms with E-state index in [1.165, 1.54) is 0 Å². The fourth-order valence-corrected chi connectivity index (χ4v) is 3.43. The van der Waals surface area contributed by atoms with E-state index in [0.717, 1.165) is 36.8 Å². The van der Waals surface area contributed by atoms with Crippen LogP contribution in [-0.4, -0.2) is 15.0 Å². The first-order valence-electron chi connectivity index (χ1n) is 5.95. The van der Waals surface area contributed by atoms with Crippen molar-refractivity contribution in [2.75, 3.05) is 12.3 Å². The Labute approximate surface area is 102 Å². The normalized spacial score (nSPS) is 15.6. The molecule has 1 aromatic carbocycles. The molecule has 1 aromatic rings. The van der Waals surface area contributed by atoms with Crippen LogP contribution in [0.15, 0.2) is 17.0 Å². The van der Waals surface area contributed by atoms with Gasteiger partial charge >= 0.3 is 0 Å². The van der Waals surface area contributed by atoms with E-state index in [9.17, 15) is 8.42 Å². The van der Waals surface area contributed by atoms with Crippen molar-refractivity contribution in [1.29, 1.82) is 0 Å². The summed E-state index contributed by atoms with van der Waals surface area (Å²) in [6, 6.07) is 3.34. The van der Waals surface area contributed by atoms with Crippen molar-refractivity contribution in [3.05, 3.63) is 23.3 Å². The van der Waals surface area contributed by atoms with Gasteiger partial charge < -0.3 is 5.73 Å². The third-order valence-electron chi connectivity index (χ3n) is 3.12. The van der Waals surface area contributed by atoms with E-state index in [4.69, 9.17) is 5.73 Å². The lowest BCUT2D eigenvalue weighted by Gasteiger charge is -2.19. The van der Waals surface area contributed by atoms with E-state index >= 15 is 0 Å². The van der Waals surface area contributed by atoms with Gasteiger partial charge in [-0.05, 0) is 48.9 Å². The SMILES string of the molecule is CCNS(=O)(=O)c1cc(N)c2c(c1)CCCC2. The number of hydrogen-bond donors (Lipinski definition) is 2. The lowest BCUT2D eigenvalue weighted by Crippen LogP contribution is -2.24. The number of nitrogen functional groups attached to an aromatic ring is 1. The standard InChI is InChI=1S/C12H18N2O2S/c1-2-14-17(15,16)10-7-9-5-3-4-6-11(9)12(13)8-10/h7-8,14H,2-6,13H2,1H3. The van der Waals surface area contributed by atoms with Gasteiger partial charge in [-0.25, -0.2) is 13.1 Å². The number of nitrogens with two attached hydrogens (primary N) is 1. The number of anilines is 1. The third-order valence-corrected chi connectivity index (χ3v) is 4.64. The molecule has 0 saturated carbocycles. The quantitative estimate of drug-likeness (QED) is 0.802. The van der Waals surface area contributed by atoms with Gasteiger partial charge in [0.1, 0.15) is 0 Å². The Balaban J connectivity index is 2.48. The fraction of sp³-hybridized carbons (Fsp3) is 0.500. The molecule has 4 nitrogen and oxygen atoms in total. The monoisotopic (exact) mass is 254 g/mol. The summed E-state index contributed by atoms with van der Waals surface area (Å²) in [5.74, 6) is 0. The minimum absolute atomic E-state index is 0.289. The lowest BCUT2D eigenvalue weighted by atomic mass is 9.91. The van der Waals surface area contributed by atoms with Crippen molar-refractivity contribution >= 4 is 15.7 Å². The molecular weight excluding hydrogens is 236 g/mol. The summed E-state index contributed by atoms with van der Waals surface area (Å²) in [6.45, 7) is 2.15. The molecule has 2 rings (SSSR count). The van der Waals surface area contributed by atoms with Crippen LogP contribution in [0.2, 0.25) is 0 Å². The molecule has 0 fully saturated rings. The molecule has 0 saturated heterocycles. The molecule has 0 atom stereocenters. The van der Waals surface area contributed by atoms with Crippen molar-refractivity contribution in [2.45, 2.75) is 37.5 Å². The zero-order valence-electron chi connectivity index (χ0n) is 9.99. The number of aryl methyl sites for hydroxylation is 1. The van der Waals surface area contributed by atoms with E-state index in [2.05, 4.69) is 4.72 Å². The zero-order chi connectivity index (χ0) is 12.5. The highest BCUT2D eigenvalue weighted by atomic mass is 32.2. The number of benzene rings is 1. The van der Waals surface area contributed by atoms with Gasteiger partial charge in [-0.2, -0.15) is 0 Å². The van der Waals surface area contributed by atoms with Crippen LogP contribution in [0.5, 0.6) is 0 Å². The Morgan fingerprint density at radius 1 is 1.29 bits per heavy atom. The maximum Gasteiger partial charge on any atom is 0.240 e. The Bertz CT molecular complexity index is 524. The number of hydrogen-bond acceptors (Lipinski definition) is 3. The predicted molar refractivity (Wildman–Crippen MR) is 68.4 cm³/mol. The van der Waals surface area contributed by atoms with Crippen molar-refractivity contribution in [2.24, 2.45) is 0 Å². The Morgan fingerprint density at radius 3 is 2.71 bits per heavy atom. The predicted octanol–water partition coefficient (Wildman–Crippen LogP) is 1.45. The van der Waals surface area contributed by atoms with Crippen LogP contribution in [0, 0.1) is 0 Å². The van der Waals surface area contributed by atoms with Crippen LogP contribution in [0.25, 0.3) is 0 Å². The Hall–Kier alpha value is -1.07. The summed E-state index contributed by atoms with van der Waals surface area (Å²) < 4.78 is 26.3. The molecule has 1 aliphatic carbocycles. The van der Waals surface area contributed by atoms with Crippen LogP contribution < -0.4 is 10.5 Å². The molecule has 0 unspecified atom stereocenters. The van der Waals surface area contributed by atoms with Gasteiger partial charge in [0.25, 0.3) is 0 Å². The average molecular weight is 254 g/mol. The van der Waals surface area contributed by atoms with Crippen molar-refractivity contribution in [3.8, 4) is 0 Å². The minimum Gasteiger partial charge on any atom is -0.398 e. The molecular formula is C12H18N2O2S. The Morgan fingerprint density at radius 2 is 2.00 bits per heavy atom. The molecule has 3 N–H and O–H groups in total. The van der Waals surface area contributed by atoms with E-state index < -0.39 is 10.0 Å². The number of fused-ring (bicyclic) bond motifs is 1. The third kappa shape index (κ3) is 2.45. The maximum atomic E-state index is 11.9. The zero-order valence-corrected chi connectivity index (χ0v) is 10.8. The molecule has 94 valence electrons. The van der Waals surface area contributed by atoms with Gasteiger partial charge in [-0.15, -0.1) is 0 Å².